The summed E-state index contributed by atoms with van der Waals surface area (Å²) in [5, 5.41) is 2.68. The van der Waals surface area contributed by atoms with Crippen molar-refractivity contribution in [1.82, 2.24) is 9.62 Å². The fraction of sp³-hybridized carbons (Fsp3) is 0.269. The van der Waals surface area contributed by atoms with E-state index in [9.17, 15) is 21.6 Å². The average Bonchev–Trinajstić information content (AvgIpc) is 3.47. The second-order valence-corrected chi connectivity index (χ2v) is 12.2. The number of anilines is 1. The molecule has 0 unspecified atom stereocenters. The summed E-state index contributed by atoms with van der Waals surface area (Å²) in [6, 6.07) is 22.5. The van der Waals surface area contributed by atoms with Crippen LogP contribution < -0.4 is 14.4 Å². The summed E-state index contributed by atoms with van der Waals surface area (Å²) in [4.78, 5) is 13.0. The van der Waals surface area contributed by atoms with Gasteiger partial charge in [0, 0.05) is 13.1 Å². The Balaban J connectivity index is 1.33. The molecule has 0 saturated carbocycles. The largest absolute Gasteiger partial charge is 0.492 e. The molecule has 3 aromatic carbocycles. The van der Waals surface area contributed by atoms with Crippen molar-refractivity contribution in [2.75, 3.05) is 37.1 Å². The van der Waals surface area contributed by atoms with Crippen LogP contribution in [0.5, 0.6) is 5.75 Å². The Morgan fingerprint density at radius 2 is 1.41 bits per heavy atom. The lowest BCUT2D eigenvalue weighted by atomic mass is 10.3. The van der Waals surface area contributed by atoms with Crippen LogP contribution in [0, 0.1) is 0 Å². The SMILES string of the molecule is O=C(CN(c1ccccc1)S(=O)(=O)c1ccccc1)NCCOc1ccc(S(=O)(=O)N2CCCC2)cc1. The highest BCUT2D eigenvalue weighted by atomic mass is 32.2. The summed E-state index contributed by atoms with van der Waals surface area (Å²) in [5.74, 6) is -0.0220. The van der Waals surface area contributed by atoms with E-state index in [0.29, 0.717) is 24.5 Å². The van der Waals surface area contributed by atoms with Crippen LogP contribution in [0.4, 0.5) is 5.69 Å². The maximum atomic E-state index is 13.2. The van der Waals surface area contributed by atoms with Gasteiger partial charge in [0.25, 0.3) is 10.0 Å². The molecule has 11 heteroatoms. The van der Waals surface area contributed by atoms with E-state index in [0.717, 1.165) is 17.1 Å². The number of carbonyl (C=O) groups is 1. The van der Waals surface area contributed by atoms with E-state index in [1.165, 1.54) is 28.6 Å². The maximum Gasteiger partial charge on any atom is 0.264 e. The van der Waals surface area contributed by atoms with Gasteiger partial charge in [0.05, 0.1) is 22.0 Å². The van der Waals surface area contributed by atoms with Crippen molar-refractivity contribution in [2.45, 2.75) is 22.6 Å². The Bertz CT molecular complexity index is 1390. The van der Waals surface area contributed by atoms with Crippen molar-refractivity contribution in [1.29, 1.82) is 0 Å². The number of carbonyl (C=O) groups excluding carboxylic acids is 1. The number of ether oxygens (including phenoxy) is 1. The van der Waals surface area contributed by atoms with E-state index in [1.54, 1.807) is 60.7 Å². The lowest BCUT2D eigenvalue weighted by molar-refractivity contribution is -0.119. The normalized spacial score (nSPS) is 14.3. The van der Waals surface area contributed by atoms with Crippen LogP contribution in [0.25, 0.3) is 0 Å². The Labute approximate surface area is 217 Å². The molecule has 0 radical (unpaired) electrons. The van der Waals surface area contributed by atoms with Gasteiger partial charge in [0.1, 0.15) is 18.9 Å². The van der Waals surface area contributed by atoms with Crippen LogP contribution in [-0.4, -0.2) is 59.8 Å². The fourth-order valence-corrected chi connectivity index (χ4v) is 6.92. The van der Waals surface area contributed by atoms with Gasteiger partial charge >= 0.3 is 0 Å². The molecule has 1 heterocycles. The van der Waals surface area contributed by atoms with Gasteiger partial charge in [0.15, 0.2) is 0 Å². The molecular formula is C26H29N3O6S2. The minimum atomic E-state index is -3.96. The zero-order valence-electron chi connectivity index (χ0n) is 20.2. The first-order valence-corrected chi connectivity index (χ1v) is 14.8. The third-order valence-electron chi connectivity index (χ3n) is 5.88. The number of rotatable bonds is 11. The number of nitrogens with one attached hydrogen (secondary N) is 1. The molecule has 1 amide bonds. The Morgan fingerprint density at radius 1 is 0.811 bits per heavy atom. The number of hydrogen-bond donors (Lipinski definition) is 1. The molecule has 4 rings (SSSR count). The Morgan fingerprint density at radius 3 is 2.03 bits per heavy atom. The lowest BCUT2D eigenvalue weighted by Crippen LogP contribution is -2.41. The number of nitrogens with zero attached hydrogens (tertiary/aromatic N) is 2. The van der Waals surface area contributed by atoms with Crippen LogP contribution in [0.3, 0.4) is 0 Å². The number of benzene rings is 3. The standard InChI is InChI=1S/C26H29N3O6S2/c30-26(21-29(22-9-3-1-4-10-22)37(33,34)24-11-5-2-6-12-24)27-17-20-35-23-13-15-25(16-14-23)36(31,32)28-18-7-8-19-28/h1-6,9-16H,7-8,17-21H2,(H,27,30). The van der Waals surface area contributed by atoms with Crippen molar-refractivity contribution in [3.8, 4) is 5.75 Å². The summed E-state index contributed by atoms with van der Waals surface area (Å²) in [6.07, 6.45) is 1.74. The van der Waals surface area contributed by atoms with Crippen LogP contribution in [-0.2, 0) is 24.8 Å². The first-order valence-electron chi connectivity index (χ1n) is 11.9. The topological polar surface area (TPSA) is 113 Å². The van der Waals surface area contributed by atoms with Crippen molar-refractivity contribution < 1.29 is 26.4 Å². The number of amides is 1. The van der Waals surface area contributed by atoms with Gasteiger partial charge in [-0.1, -0.05) is 36.4 Å². The third kappa shape index (κ3) is 6.48. The van der Waals surface area contributed by atoms with E-state index in [4.69, 9.17) is 4.74 Å². The van der Waals surface area contributed by atoms with Gasteiger partial charge < -0.3 is 10.1 Å². The molecule has 0 bridgehead atoms. The second-order valence-electron chi connectivity index (χ2n) is 8.44. The van der Waals surface area contributed by atoms with Crippen molar-refractivity contribution in [3.05, 3.63) is 84.9 Å². The number of sulfonamides is 2. The van der Waals surface area contributed by atoms with E-state index in [1.807, 2.05) is 0 Å². The lowest BCUT2D eigenvalue weighted by Gasteiger charge is -2.24. The molecule has 37 heavy (non-hydrogen) atoms. The summed E-state index contributed by atoms with van der Waals surface area (Å²) < 4.78 is 59.9. The maximum absolute atomic E-state index is 13.2. The predicted molar refractivity (Wildman–Crippen MR) is 140 cm³/mol. The molecule has 0 atom stereocenters. The minimum Gasteiger partial charge on any atom is -0.492 e. The molecule has 1 aliphatic heterocycles. The number of para-hydroxylation sites is 1. The molecule has 1 saturated heterocycles. The molecule has 196 valence electrons. The van der Waals surface area contributed by atoms with E-state index < -0.39 is 32.5 Å². The molecule has 3 aromatic rings. The quantitative estimate of drug-likeness (QED) is 0.372. The van der Waals surface area contributed by atoms with Gasteiger partial charge in [-0.05, 0) is 61.4 Å². The summed E-state index contributed by atoms with van der Waals surface area (Å²) in [5.41, 5.74) is 0.377. The molecule has 0 spiro atoms. The first kappa shape index (κ1) is 26.6. The zero-order chi connectivity index (χ0) is 26.3. The minimum absolute atomic E-state index is 0.0881. The summed E-state index contributed by atoms with van der Waals surface area (Å²) in [7, 11) is -7.45. The molecule has 0 aromatic heterocycles. The van der Waals surface area contributed by atoms with Crippen LogP contribution in [0.1, 0.15) is 12.8 Å². The highest BCUT2D eigenvalue weighted by molar-refractivity contribution is 7.92. The predicted octanol–water partition coefficient (Wildman–Crippen LogP) is 2.86. The Hall–Kier alpha value is -3.41. The first-order chi connectivity index (χ1) is 17.8. The van der Waals surface area contributed by atoms with Crippen LogP contribution >= 0.6 is 0 Å². The second kappa shape index (κ2) is 11.8. The summed E-state index contributed by atoms with van der Waals surface area (Å²) >= 11 is 0. The van der Waals surface area contributed by atoms with E-state index >= 15 is 0 Å². The monoisotopic (exact) mass is 543 g/mol. The molecule has 0 aliphatic carbocycles. The van der Waals surface area contributed by atoms with Crippen molar-refractivity contribution in [2.24, 2.45) is 0 Å². The van der Waals surface area contributed by atoms with Gasteiger partial charge in [-0.15, -0.1) is 0 Å². The van der Waals surface area contributed by atoms with Crippen LogP contribution in [0.15, 0.2) is 94.7 Å². The average molecular weight is 544 g/mol. The van der Waals surface area contributed by atoms with Gasteiger partial charge in [-0.3, -0.25) is 9.10 Å². The smallest absolute Gasteiger partial charge is 0.264 e. The molecule has 1 N–H and O–H groups in total. The molecule has 9 nitrogen and oxygen atoms in total. The van der Waals surface area contributed by atoms with Crippen LogP contribution in [0.2, 0.25) is 0 Å². The van der Waals surface area contributed by atoms with E-state index in [2.05, 4.69) is 5.32 Å². The van der Waals surface area contributed by atoms with E-state index in [-0.39, 0.29) is 22.9 Å². The molecule has 1 aliphatic rings. The summed E-state index contributed by atoms with van der Waals surface area (Å²) in [6.45, 7) is 0.939. The highest BCUT2D eigenvalue weighted by Crippen LogP contribution is 2.24. The number of hydrogen-bond acceptors (Lipinski definition) is 6. The zero-order valence-corrected chi connectivity index (χ0v) is 21.8. The highest BCUT2D eigenvalue weighted by Gasteiger charge is 2.28. The molecular weight excluding hydrogens is 514 g/mol. The molecule has 1 fully saturated rings. The fourth-order valence-electron chi connectivity index (χ4n) is 3.96. The van der Waals surface area contributed by atoms with Gasteiger partial charge in [0.2, 0.25) is 15.9 Å². The third-order valence-corrected chi connectivity index (χ3v) is 9.58. The van der Waals surface area contributed by atoms with Crippen molar-refractivity contribution in [3.63, 3.8) is 0 Å². The van der Waals surface area contributed by atoms with Crippen molar-refractivity contribution >= 4 is 31.6 Å². The van der Waals surface area contributed by atoms with Gasteiger partial charge in [-0.25, -0.2) is 16.8 Å². The Kier molecular flexibility index (Phi) is 8.47. The van der Waals surface area contributed by atoms with Gasteiger partial charge in [-0.2, -0.15) is 4.31 Å².